The Morgan fingerprint density at radius 3 is 2.45 bits per heavy atom. The summed E-state index contributed by atoms with van der Waals surface area (Å²) in [4.78, 5) is 35.4. The Morgan fingerprint density at radius 1 is 1.25 bits per heavy atom. The lowest BCUT2D eigenvalue weighted by molar-refractivity contribution is -0.138. The molecule has 0 unspecified atom stereocenters. The monoisotopic (exact) mass is 298 g/mol. The minimum atomic E-state index is -1.06. The highest BCUT2D eigenvalue weighted by Gasteiger charge is 2.16. The van der Waals surface area contributed by atoms with Gasteiger partial charge in [0, 0.05) is 25.5 Å². The summed E-state index contributed by atoms with van der Waals surface area (Å²) in [6, 6.07) is 4.51. The molecule has 0 heterocycles. The molecule has 1 rings (SSSR count). The molecule has 1 aromatic carbocycles. The lowest BCUT2D eigenvalue weighted by Crippen LogP contribution is -2.24. The van der Waals surface area contributed by atoms with Gasteiger partial charge in [-0.1, -0.05) is 11.6 Å². The van der Waals surface area contributed by atoms with Gasteiger partial charge >= 0.3 is 5.97 Å². The van der Waals surface area contributed by atoms with Crippen LogP contribution < -0.4 is 5.32 Å². The lowest BCUT2D eigenvalue weighted by Gasteiger charge is -2.15. The maximum atomic E-state index is 12.0. The van der Waals surface area contributed by atoms with Crippen LogP contribution >= 0.6 is 11.6 Å². The Bertz CT molecular complexity index is 543. The molecule has 6 nitrogen and oxygen atoms in total. The molecule has 0 aliphatic heterocycles. The van der Waals surface area contributed by atoms with Crippen LogP contribution in [0.2, 0.25) is 5.02 Å². The number of carbonyl (C=O) groups excluding carboxylic acids is 2. The number of carboxylic acids is 1. The number of hydrogen-bond donors (Lipinski definition) is 2. The second kappa shape index (κ2) is 6.91. The van der Waals surface area contributed by atoms with E-state index in [1.165, 1.54) is 17.0 Å². The summed E-state index contributed by atoms with van der Waals surface area (Å²) in [6.45, 7) is 0. The molecule has 1 aromatic rings. The van der Waals surface area contributed by atoms with Crippen LogP contribution in [-0.4, -0.2) is 41.9 Å². The van der Waals surface area contributed by atoms with Gasteiger partial charge in [0.2, 0.25) is 5.91 Å². The van der Waals surface area contributed by atoms with E-state index < -0.39 is 11.9 Å². The fourth-order valence-corrected chi connectivity index (χ4v) is 1.65. The summed E-state index contributed by atoms with van der Waals surface area (Å²) >= 11 is 5.84. The number of carboxylic acid groups (broad SMARTS) is 1. The van der Waals surface area contributed by atoms with Gasteiger partial charge in [0.05, 0.1) is 17.7 Å². The smallest absolute Gasteiger partial charge is 0.303 e. The summed E-state index contributed by atoms with van der Waals surface area (Å²) in [5.41, 5.74) is 0.565. The molecule has 0 bridgehead atoms. The number of benzene rings is 1. The minimum Gasteiger partial charge on any atom is -0.481 e. The fourth-order valence-electron chi connectivity index (χ4n) is 1.48. The summed E-state index contributed by atoms with van der Waals surface area (Å²) in [5.74, 6) is -1.83. The van der Waals surface area contributed by atoms with Crippen molar-refractivity contribution in [2.24, 2.45) is 0 Å². The van der Waals surface area contributed by atoms with E-state index in [0.717, 1.165) is 0 Å². The van der Waals surface area contributed by atoms with E-state index in [-0.39, 0.29) is 24.4 Å². The van der Waals surface area contributed by atoms with Gasteiger partial charge in [0.15, 0.2) is 0 Å². The highest BCUT2D eigenvalue weighted by Crippen LogP contribution is 2.22. The molecule has 20 heavy (non-hydrogen) atoms. The number of halogens is 1. The predicted molar refractivity (Wildman–Crippen MR) is 75.0 cm³/mol. The summed E-state index contributed by atoms with van der Waals surface area (Å²) in [5, 5.41) is 11.4. The summed E-state index contributed by atoms with van der Waals surface area (Å²) in [7, 11) is 3.18. The van der Waals surface area contributed by atoms with E-state index in [1.54, 1.807) is 20.2 Å². The van der Waals surface area contributed by atoms with Gasteiger partial charge in [-0.2, -0.15) is 0 Å². The SMILES string of the molecule is CN(C)C(=O)c1ccc(Cl)cc1NC(=O)CCC(=O)O. The predicted octanol–water partition coefficient (Wildman–Crippen LogP) is 1.85. The maximum absolute atomic E-state index is 12.0. The molecule has 0 spiro atoms. The summed E-state index contributed by atoms with van der Waals surface area (Å²) in [6.07, 6.45) is -0.444. The number of nitrogens with zero attached hydrogens (tertiary/aromatic N) is 1. The molecular weight excluding hydrogens is 284 g/mol. The summed E-state index contributed by atoms with van der Waals surface area (Å²) < 4.78 is 0. The average Bonchev–Trinajstić information content (AvgIpc) is 2.35. The Balaban J connectivity index is 2.92. The first-order valence-corrected chi connectivity index (χ1v) is 6.22. The van der Waals surface area contributed by atoms with E-state index in [1.807, 2.05) is 0 Å². The second-order valence-electron chi connectivity index (χ2n) is 4.33. The highest BCUT2D eigenvalue weighted by atomic mass is 35.5. The van der Waals surface area contributed by atoms with Crippen LogP contribution in [0.5, 0.6) is 0 Å². The van der Waals surface area contributed by atoms with Crippen molar-refractivity contribution in [2.45, 2.75) is 12.8 Å². The molecule has 0 aliphatic carbocycles. The molecule has 0 fully saturated rings. The van der Waals surface area contributed by atoms with E-state index in [4.69, 9.17) is 16.7 Å². The van der Waals surface area contributed by atoms with E-state index >= 15 is 0 Å². The number of rotatable bonds is 5. The first-order valence-electron chi connectivity index (χ1n) is 5.84. The number of hydrogen-bond acceptors (Lipinski definition) is 3. The number of carbonyl (C=O) groups is 3. The van der Waals surface area contributed by atoms with Crippen LogP contribution in [0, 0.1) is 0 Å². The molecule has 2 amide bonds. The molecule has 2 N–H and O–H groups in total. The average molecular weight is 299 g/mol. The van der Waals surface area contributed by atoms with Crippen LogP contribution in [0.15, 0.2) is 18.2 Å². The van der Waals surface area contributed by atoms with Crippen molar-refractivity contribution in [3.05, 3.63) is 28.8 Å². The first kappa shape index (κ1) is 16.0. The molecule has 0 saturated heterocycles. The topological polar surface area (TPSA) is 86.7 Å². The number of anilines is 1. The van der Waals surface area contributed by atoms with Crippen molar-refractivity contribution >= 4 is 35.1 Å². The van der Waals surface area contributed by atoms with Crippen molar-refractivity contribution in [3.63, 3.8) is 0 Å². The molecule has 0 atom stereocenters. The zero-order valence-corrected chi connectivity index (χ0v) is 11.9. The van der Waals surface area contributed by atoms with Gasteiger partial charge in [0.1, 0.15) is 0 Å². The standard InChI is InChI=1S/C13H15ClN2O4/c1-16(2)13(20)9-4-3-8(14)7-10(9)15-11(17)5-6-12(18)19/h3-4,7H,5-6H2,1-2H3,(H,15,17)(H,18,19). The molecule has 0 aliphatic rings. The molecule has 108 valence electrons. The normalized spacial score (nSPS) is 9.95. The Kier molecular flexibility index (Phi) is 5.52. The van der Waals surface area contributed by atoms with Crippen LogP contribution in [0.4, 0.5) is 5.69 Å². The van der Waals surface area contributed by atoms with Gasteiger partial charge in [-0.3, -0.25) is 14.4 Å². The third-order valence-electron chi connectivity index (χ3n) is 2.46. The zero-order valence-electron chi connectivity index (χ0n) is 11.1. The minimum absolute atomic E-state index is 0.169. The number of aliphatic carboxylic acids is 1. The maximum Gasteiger partial charge on any atom is 0.303 e. The third kappa shape index (κ3) is 4.55. The highest BCUT2D eigenvalue weighted by molar-refractivity contribution is 6.31. The van der Waals surface area contributed by atoms with Crippen LogP contribution in [-0.2, 0) is 9.59 Å². The molecular formula is C13H15ClN2O4. The molecule has 0 saturated carbocycles. The first-order chi connectivity index (χ1) is 9.31. The fraction of sp³-hybridized carbons (Fsp3) is 0.308. The van der Waals surface area contributed by atoms with Crippen molar-refractivity contribution in [2.75, 3.05) is 19.4 Å². The van der Waals surface area contributed by atoms with Gasteiger partial charge in [-0.15, -0.1) is 0 Å². The van der Waals surface area contributed by atoms with Crippen LogP contribution in [0.25, 0.3) is 0 Å². The van der Waals surface area contributed by atoms with Gasteiger partial charge in [-0.25, -0.2) is 0 Å². The van der Waals surface area contributed by atoms with Crippen molar-refractivity contribution in [1.82, 2.24) is 4.90 Å². The van der Waals surface area contributed by atoms with Crippen molar-refractivity contribution in [3.8, 4) is 0 Å². The Morgan fingerprint density at radius 2 is 1.90 bits per heavy atom. The van der Waals surface area contributed by atoms with E-state index in [9.17, 15) is 14.4 Å². The lowest BCUT2D eigenvalue weighted by atomic mass is 10.1. The zero-order chi connectivity index (χ0) is 15.3. The molecule has 0 radical (unpaired) electrons. The number of amides is 2. The largest absolute Gasteiger partial charge is 0.481 e. The second-order valence-corrected chi connectivity index (χ2v) is 4.77. The quantitative estimate of drug-likeness (QED) is 0.868. The number of nitrogens with one attached hydrogen (secondary N) is 1. The van der Waals surface area contributed by atoms with Crippen molar-refractivity contribution in [1.29, 1.82) is 0 Å². The Hall–Kier alpha value is -2.08. The Labute approximate surface area is 121 Å². The van der Waals surface area contributed by atoms with Gasteiger partial charge in [-0.05, 0) is 18.2 Å². The van der Waals surface area contributed by atoms with E-state index in [2.05, 4.69) is 5.32 Å². The van der Waals surface area contributed by atoms with Crippen LogP contribution in [0.1, 0.15) is 23.2 Å². The third-order valence-corrected chi connectivity index (χ3v) is 2.69. The molecule has 7 heteroatoms. The van der Waals surface area contributed by atoms with Gasteiger partial charge in [0.25, 0.3) is 5.91 Å². The van der Waals surface area contributed by atoms with E-state index in [0.29, 0.717) is 10.6 Å². The van der Waals surface area contributed by atoms with Crippen LogP contribution in [0.3, 0.4) is 0 Å². The van der Waals surface area contributed by atoms with Crippen molar-refractivity contribution < 1.29 is 19.5 Å². The molecule has 0 aromatic heterocycles. The van der Waals surface area contributed by atoms with Gasteiger partial charge < -0.3 is 15.3 Å².